The standard InChI is InChI=1S/C16H19ClFN3/c1-20-15(17)10-19-16(20)11-21(12-6-2-3-7-12)14-9-5-4-8-13(14)18/h4-5,8-10,12H,2-3,6-7,11H2,1H3. The zero-order valence-corrected chi connectivity index (χ0v) is 12.9. The van der Waals surface area contributed by atoms with Gasteiger partial charge in [0, 0.05) is 13.1 Å². The zero-order chi connectivity index (χ0) is 14.8. The summed E-state index contributed by atoms with van der Waals surface area (Å²) in [5, 5.41) is 0.602. The Labute approximate surface area is 129 Å². The van der Waals surface area contributed by atoms with Crippen LogP contribution in [0.5, 0.6) is 0 Å². The summed E-state index contributed by atoms with van der Waals surface area (Å²) < 4.78 is 16.1. The molecule has 0 amide bonds. The van der Waals surface area contributed by atoms with Gasteiger partial charge in [-0.15, -0.1) is 0 Å². The van der Waals surface area contributed by atoms with E-state index in [1.165, 1.54) is 18.9 Å². The van der Waals surface area contributed by atoms with Gasteiger partial charge in [-0.1, -0.05) is 36.6 Å². The number of halogens is 2. The van der Waals surface area contributed by atoms with E-state index >= 15 is 0 Å². The van der Waals surface area contributed by atoms with E-state index in [0.717, 1.165) is 18.7 Å². The van der Waals surface area contributed by atoms with E-state index in [2.05, 4.69) is 9.88 Å². The Balaban J connectivity index is 1.93. The number of hydrogen-bond acceptors (Lipinski definition) is 2. The van der Waals surface area contributed by atoms with Crippen LogP contribution in [0.15, 0.2) is 30.5 Å². The second-order valence-corrected chi connectivity index (χ2v) is 5.96. The third-order valence-electron chi connectivity index (χ3n) is 4.27. The largest absolute Gasteiger partial charge is 0.359 e. The average molecular weight is 308 g/mol. The fraction of sp³-hybridized carbons (Fsp3) is 0.438. The van der Waals surface area contributed by atoms with Crippen molar-refractivity contribution in [1.82, 2.24) is 9.55 Å². The Kier molecular flexibility index (Phi) is 4.15. The van der Waals surface area contributed by atoms with Crippen LogP contribution in [-0.2, 0) is 13.6 Å². The molecule has 1 aromatic carbocycles. The van der Waals surface area contributed by atoms with Crippen LogP contribution in [0.1, 0.15) is 31.5 Å². The van der Waals surface area contributed by atoms with Gasteiger partial charge in [0.2, 0.25) is 0 Å². The van der Waals surface area contributed by atoms with Crippen LogP contribution >= 0.6 is 11.6 Å². The van der Waals surface area contributed by atoms with Gasteiger partial charge in [0.25, 0.3) is 0 Å². The molecule has 0 atom stereocenters. The molecule has 21 heavy (non-hydrogen) atoms. The Morgan fingerprint density at radius 2 is 2.05 bits per heavy atom. The van der Waals surface area contributed by atoms with E-state index in [-0.39, 0.29) is 5.82 Å². The first-order valence-electron chi connectivity index (χ1n) is 7.34. The molecular formula is C16H19ClFN3. The highest BCUT2D eigenvalue weighted by Gasteiger charge is 2.26. The first kappa shape index (κ1) is 14.4. The van der Waals surface area contributed by atoms with Gasteiger partial charge >= 0.3 is 0 Å². The molecule has 3 rings (SSSR count). The molecule has 1 aromatic heterocycles. The monoisotopic (exact) mass is 307 g/mol. The highest BCUT2D eigenvalue weighted by molar-refractivity contribution is 6.29. The van der Waals surface area contributed by atoms with Gasteiger partial charge < -0.3 is 9.47 Å². The molecule has 0 radical (unpaired) electrons. The van der Waals surface area contributed by atoms with E-state index in [1.807, 2.05) is 23.7 Å². The lowest BCUT2D eigenvalue weighted by atomic mass is 10.1. The summed E-state index contributed by atoms with van der Waals surface area (Å²) in [6, 6.07) is 7.34. The van der Waals surface area contributed by atoms with E-state index in [1.54, 1.807) is 12.3 Å². The average Bonchev–Trinajstić information content (AvgIpc) is 3.11. The van der Waals surface area contributed by atoms with E-state index < -0.39 is 0 Å². The molecular weight excluding hydrogens is 289 g/mol. The predicted molar refractivity (Wildman–Crippen MR) is 83.1 cm³/mol. The van der Waals surface area contributed by atoms with Gasteiger partial charge in [0.05, 0.1) is 18.4 Å². The number of para-hydroxylation sites is 1. The van der Waals surface area contributed by atoms with Gasteiger partial charge in [-0.05, 0) is 25.0 Å². The molecule has 112 valence electrons. The second kappa shape index (κ2) is 6.06. The molecule has 1 heterocycles. The maximum Gasteiger partial charge on any atom is 0.146 e. The Morgan fingerprint density at radius 3 is 2.67 bits per heavy atom. The predicted octanol–water partition coefficient (Wildman–Crippen LogP) is 4.16. The summed E-state index contributed by atoms with van der Waals surface area (Å²) in [7, 11) is 1.89. The lowest BCUT2D eigenvalue weighted by molar-refractivity contribution is 0.556. The first-order valence-corrected chi connectivity index (χ1v) is 7.72. The SMILES string of the molecule is Cn1c(Cl)cnc1CN(c1ccccc1F)C1CCCC1. The van der Waals surface area contributed by atoms with Gasteiger partial charge in [-0.3, -0.25) is 0 Å². The molecule has 0 aliphatic heterocycles. The normalized spacial score (nSPS) is 15.6. The van der Waals surface area contributed by atoms with Gasteiger partial charge in [-0.25, -0.2) is 9.37 Å². The van der Waals surface area contributed by atoms with Crippen LogP contribution in [0.4, 0.5) is 10.1 Å². The van der Waals surface area contributed by atoms with E-state index in [0.29, 0.717) is 23.4 Å². The van der Waals surface area contributed by atoms with Crippen molar-refractivity contribution in [1.29, 1.82) is 0 Å². The molecule has 0 N–H and O–H groups in total. The third-order valence-corrected chi connectivity index (χ3v) is 4.62. The van der Waals surface area contributed by atoms with Crippen molar-refractivity contribution in [2.24, 2.45) is 7.05 Å². The number of rotatable bonds is 4. The van der Waals surface area contributed by atoms with Crippen molar-refractivity contribution in [3.8, 4) is 0 Å². The van der Waals surface area contributed by atoms with Crippen LogP contribution in [0, 0.1) is 5.82 Å². The Hall–Kier alpha value is -1.55. The molecule has 0 spiro atoms. The molecule has 1 aliphatic rings. The van der Waals surface area contributed by atoms with Gasteiger partial charge in [0.1, 0.15) is 16.8 Å². The van der Waals surface area contributed by atoms with Crippen molar-refractivity contribution in [2.75, 3.05) is 4.90 Å². The molecule has 3 nitrogen and oxygen atoms in total. The van der Waals surface area contributed by atoms with Crippen molar-refractivity contribution >= 4 is 17.3 Å². The summed E-state index contributed by atoms with van der Waals surface area (Å²) in [4.78, 5) is 6.49. The van der Waals surface area contributed by atoms with Crippen molar-refractivity contribution in [3.63, 3.8) is 0 Å². The van der Waals surface area contributed by atoms with Crippen LogP contribution in [0.3, 0.4) is 0 Å². The maximum absolute atomic E-state index is 14.2. The number of anilines is 1. The quantitative estimate of drug-likeness (QED) is 0.845. The summed E-state index contributed by atoms with van der Waals surface area (Å²) in [6.45, 7) is 0.578. The van der Waals surface area contributed by atoms with Crippen molar-refractivity contribution in [3.05, 3.63) is 47.3 Å². The summed E-state index contributed by atoms with van der Waals surface area (Å²) >= 11 is 6.06. The van der Waals surface area contributed by atoms with Crippen LogP contribution < -0.4 is 4.90 Å². The first-order chi connectivity index (χ1) is 10.2. The minimum atomic E-state index is -0.176. The van der Waals surface area contributed by atoms with E-state index in [9.17, 15) is 4.39 Å². The van der Waals surface area contributed by atoms with Gasteiger partial charge in [0.15, 0.2) is 0 Å². The maximum atomic E-state index is 14.2. The summed E-state index contributed by atoms with van der Waals surface area (Å²) in [6.07, 6.45) is 6.26. The molecule has 1 fully saturated rings. The number of nitrogens with zero attached hydrogens (tertiary/aromatic N) is 3. The van der Waals surface area contributed by atoms with Crippen LogP contribution in [-0.4, -0.2) is 15.6 Å². The smallest absolute Gasteiger partial charge is 0.146 e. The molecule has 1 aliphatic carbocycles. The van der Waals surface area contributed by atoms with Crippen molar-refractivity contribution in [2.45, 2.75) is 38.3 Å². The minimum absolute atomic E-state index is 0.176. The second-order valence-electron chi connectivity index (χ2n) is 5.57. The molecule has 0 bridgehead atoms. The molecule has 5 heteroatoms. The van der Waals surface area contributed by atoms with Crippen LogP contribution in [0.2, 0.25) is 5.15 Å². The molecule has 2 aromatic rings. The topological polar surface area (TPSA) is 21.1 Å². The fourth-order valence-corrected chi connectivity index (χ4v) is 3.18. The lowest BCUT2D eigenvalue weighted by Gasteiger charge is -2.31. The lowest BCUT2D eigenvalue weighted by Crippen LogP contribution is -2.34. The number of benzene rings is 1. The minimum Gasteiger partial charge on any atom is -0.359 e. The number of imidazole rings is 1. The Bertz CT molecular complexity index is 620. The molecule has 0 saturated heterocycles. The third kappa shape index (κ3) is 2.91. The summed E-state index contributed by atoms with van der Waals surface area (Å²) in [5.74, 6) is 0.680. The zero-order valence-electron chi connectivity index (χ0n) is 12.1. The van der Waals surface area contributed by atoms with Gasteiger partial charge in [-0.2, -0.15) is 0 Å². The Morgan fingerprint density at radius 1 is 1.33 bits per heavy atom. The highest BCUT2D eigenvalue weighted by Crippen LogP contribution is 2.31. The molecule has 0 unspecified atom stereocenters. The van der Waals surface area contributed by atoms with Crippen molar-refractivity contribution < 1.29 is 4.39 Å². The van der Waals surface area contributed by atoms with Crippen LogP contribution in [0.25, 0.3) is 0 Å². The molecule has 1 saturated carbocycles. The number of aromatic nitrogens is 2. The number of hydrogen-bond donors (Lipinski definition) is 0. The summed E-state index contributed by atoms with van der Waals surface area (Å²) in [5.41, 5.74) is 0.656. The fourth-order valence-electron chi connectivity index (χ4n) is 3.04. The highest BCUT2D eigenvalue weighted by atomic mass is 35.5. The van der Waals surface area contributed by atoms with E-state index in [4.69, 9.17) is 11.6 Å².